The lowest BCUT2D eigenvalue weighted by Gasteiger charge is -2.22. The lowest BCUT2D eigenvalue weighted by Crippen LogP contribution is -2.46. The maximum absolute atomic E-state index is 12.1. The van der Waals surface area contributed by atoms with Crippen LogP contribution in [-0.2, 0) is 14.3 Å². The number of hydrogen-bond donors (Lipinski definition) is 4. The Kier molecular flexibility index (Phi) is 8.72. The van der Waals surface area contributed by atoms with E-state index >= 15 is 0 Å². The summed E-state index contributed by atoms with van der Waals surface area (Å²) >= 11 is 5.83. The van der Waals surface area contributed by atoms with E-state index in [0.717, 1.165) is 32.1 Å². The van der Waals surface area contributed by atoms with Crippen LogP contribution in [0.1, 0.15) is 50.1 Å². The Morgan fingerprint density at radius 3 is 2.38 bits per heavy atom. The van der Waals surface area contributed by atoms with Crippen LogP contribution in [0.3, 0.4) is 0 Å². The Hall–Kier alpha value is -2.81. The number of hydrogen-bond acceptors (Lipinski definition) is 5. The van der Waals surface area contributed by atoms with Gasteiger partial charge in [-0.15, -0.1) is 0 Å². The number of benzene rings is 1. The number of ether oxygens (including phenoxy) is 1. The van der Waals surface area contributed by atoms with Gasteiger partial charge in [-0.1, -0.05) is 43.0 Å². The van der Waals surface area contributed by atoms with Gasteiger partial charge < -0.3 is 21.1 Å². The molecule has 5 amide bonds. The van der Waals surface area contributed by atoms with Gasteiger partial charge in [-0.2, -0.15) is 0 Å². The van der Waals surface area contributed by atoms with Crippen molar-refractivity contribution in [2.75, 3.05) is 6.61 Å². The number of halogens is 1. The van der Waals surface area contributed by atoms with Crippen molar-refractivity contribution >= 4 is 35.5 Å². The quantitative estimate of drug-likeness (QED) is 0.496. The smallest absolute Gasteiger partial charge is 0.321 e. The molecular weight excluding hydrogens is 400 g/mol. The Bertz CT molecular complexity index is 735. The van der Waals surface area contributed by atoms with Crippen LogP contribution in [0.5, 0.6) is 0 Å². The molecule has 10 heteroatoms. The van der Waals surface area contributed by atoms with Gasteiger partial charge in [0, 0.05) is 11.1 Å². The molecule has 0 aromatic heterocycles. The number of carbonyl (C=O) groups excluding carboxylic acids is 4. The van der Waals surface area contributed by atoms with Crippen LogP contribution < -0.4 is 21.7 Å². The van der Waals surface area contributed by atoms with Crippen LogP contribution in [0.2, 0.25) is 5.02 Å². The van der Waals surface area contributed by atoms with E-state index in [2.05, 4.69) is 16.0 Å². The van der Waals surface area contributed by atoms with Gasteiger partial charge in [-0.3, -0.25) is 14.9 Å². The van der Waals surface area contributed by atoms with Gasteiger partial charge >= 0.3 is 18.0 Å². The summed E-state index contributed by atoms with van der Waals surface area (Å²) in [6.45, 7) is -0.610. The predicted octanol–water partition coefficient (Wildman–Crippen LogP) is 2.14. The van der Waals surface area contributed by atoms with E-state index in [1.165, 1.54) is 0 Å². The molecule has 2 rings (SSSR count). The third kappa shape index (κ3) is 8.39. The maximum Gasteiger partial charge on any atom is 0.321 e. The zero-order valence-corrected chi connectivity index (χ0v) is 16.7. The summed E-state index contributed by atoms with van der Waals surface area (Å²) in [6.07, 6.45) is 4.77. The van der Waals surface area contributed by atoms with Gasteiger partial charge in [-0.05, 0) is 30.5 Å². The molecule has 0 spiro atoms. The summed E-state index contributed by atoms with van der Waals surface area (Å²) in [5, 5.41) is 7.81. The summed E-state index contributed by atoms with van der Waals surface area (Å²) in [4.78, 5) is 46.9. The molecule has 1 atom stereocenters. The molecule has 0 heterocycles. The van der Waals surface area contributed by atoms with Gasteiger partial charge in [0.05, 0.1) is 12.5 Å². The molecule has 5 N–H and O–H groups in total. The number of rotatable bonds is 7. The Labute approximate surface area is 173 Å². The second-order valence-electron chi connectivity index (χ2n) is 6.83. The van der Waals surface area contributed by atoms with Crippen molar-refractivity contribution in [2.45, 2.75) is 50.6 Å². The number of urea groups is 2. The highest BCUT2D eigenvalue weighted by Crippen LogP contribution is 2.20. The van der Waals surface area contributed by atoms with Crippen molar-refractivity contribution in [3.05, 3.63) is 34.9 Å². The maximum atomic E-state index is 12.1. The zero-order chi connectivity index (χ0) is 21.2. The van der Waals surface area contributed by atoms with E-state index in [1.807, 2.05) is 0 Å². The summed E-state index contributed by atoms with van der Waals surface area (Å²) in [5.41, 5.74) is 5.75. The molecule has 1 aromatic carbocycles. The summed E-state index contributed by atoms with van der Waals surface area (Å²) in [5.74, 6) is -1.47. The molecule has 9 nitrogen and oxygen atoms in total. The fourth-order valence-electron chi connectivity index (χ4n) is 3.12. The average Bonchev–Trinajstić information content (AvgIpc) is 2.67. The van der Waals surface area contributed by atoms with E-state index in [4.69, 9.17) is 22.1 Å². The summed E-state index contributed by atoms with van der Waals surface area (Å²) in [6, 6.07) is 4.39. The fraction of sp³-hybridized carbons (Fsp3) is 0.474. The van der Waals surface area contributed by atoms with Crippen molar-refractivity contribution in [2.24, 2.45) is 5.73 Å². The van der Waals surface area contributed by atoms with Crippen molar-refractivity contribution in [3.8, 4) is 0 Å². The van der Waals surface area contributed by atoms with Crippen LogP contribution in [0.4, 0.5) is 9.59 Å². The number of imide groups is 1. The fourth-order valence-corrected chi connectivity index (χ4v) is 3.25. The topological polar surface area (TPSA) is 140 Å². The van der Waals surface area contributed by atoms with Crippen molar-refractivity contribution in [3.63, 3.8) is 0 Å². The van der Waals surface area contributed by atoms with Gasteiger partial charge in [0.25, 0.3) is 5.91 Å². The van der Waals surface area contributed by atoms with Gasteiger partial charge in [0.1, 0.15) is 0 Å². The highest BCUT2D eigenvalue weighted by Gasteiger charge is 2.20. The van der Waals surface area contributed by atoms with E-state index in [0.29, 0.717) is 10.6 Å². The number of carbonyl (C=O) groups is 4. The lowest BCUT2D eigenvalue weighted by atomic mass is 9.96. The first kappa shape index (κ1) is 22.5. The van der Waals surface area contributed by atoms with Gasteiger partial charge in [-0.25, -0.2) is 9.59 Å². The van der Waals surface area contributed by atoms with E-state index in [1.54, 1.807) is 24.3 Å². The minimum absolute atomic E-state index is 0.0547. The third-order valence-electron chi connectivity index (χ3n) is 4.52. The number of amides is 5. The first-order valence-electron chi connectivity index (χ1n) is 9.41. The summed E-state index contributed by atoms with van der Waals surface area (Å²) in [7, 11) is 0. The van der Waals surface area contributed by atoms with E-state index in [9.17, 15) is 19.2 Å². The van der Waals surface area contributed by atoms with Crippen LogP contribution in [0.25, 0.3) is 0 Å². The Morgan fingerprint density at radius 2 is 1.76 bits per heavy atom. The largest absolute Gasteiger partial charge is 0.455 e. The Morgan fingerprint density at radius 1 is 1.10 bits per heavy atom. The molecule has 1 aliphatic rings. The molecule has 0 aliphatic heterocycles. The van der Waals surface area contributed by atoms with Crippen LogP contribution in [-0.4, -0.2) is 36.6 Å². The number of primary amides is 1. The monoisotopic (exact) mass is 424 g/mol. The second-order valence-corrected chi connectivity index (χ2v) is 7.27. The van der Waals surface area contributed by atoms with E-state index < -0.39 is 36.6 Å². The molecular formula is C19H25ClN4O5. The SMILES string of the molecule is NC(=O)N[C@@H](CC(=O)OCC(=O)NC(=O)NC1CCCCC1)c1ccc(Cl)cc1. The third-order valence-corrected chi connectivity index (χ3v) is 4.77. The number of esters is 1. The lowest BCUT2D eigenvalue weighted by molar-refractivity contribution is -0.148. The van der Waals surface area contributed by atoms with Gasteiger partial charge in [0.15, 0.2) is 6.61 Å². The molecule has 1 aromatic rings. The van der Waals surface area contributed by atoms with Crippen LogP contribution in [0, 0.1) is 0 Å². The average molecular weight is 425 g/mol. The second kappa shape index (κ2) is 11.3. The minimum atomic E-state index is -0.810. The molecule has 0 saturated heterocycles. The molecule has 29 heavy (non-hydrogen) atoms. The molecule has 1 aliphatic carbocycles. The zero-order valence-electron chi connectivity index (χ0n) is 15.9. The standard InChI is InChI=1S/C19H25ClN4O5/c20-13-8-6-12(7-9-13)15(23-18(21)27)10-17(26)29-11-16(25)24-19(28)22-14-4-2-1-3-5-14/h6-9,14-15H,1-5,10-11H2,(H3,21,23,27)(H2,22,24,25,28)/t15-/m0/s1. The normalized spacial score (nSPS) is 15.1. The van der Waals surface area contributed by atoms with Gasteiger partial charge in [0.2, 0.25) is 0 Å². The van der Waals surface area contributed by atoms with Crippen molar-refractivity contribution in [1.82, 2.24) is 16.0 Å². The molecule has 1 fully saturated rings. The van der Waals surface area contributed by atoms with Crippen LogP contribution >= 0.6 is 11.6 Å². The Balaban J connectivity index is 1.78. The van der Waals surface area contributed by atoms with Crippen LogP contribution in [0.15, 0.2) is 24.3 Å². The molecule has 0 bridgehead atoms. The first-order valence-corrected chi connectivity index (χ1v) is 9.78. The molecule has 1 saturated carbocycles. The first-order chi connectivity index (χ1) is 13.8. The minimum Gasteiger partial charge on any atom is -0.455 e. The highest BCUT2D eigenvalue weighted by atomic mass is 35.5. The predicted molar refractivity (Wildman–Crippen MR) is 106 cm³/mol. The molecule has 0 unspecified atom stereocenters. The molecule has 158 valence electrons. The van der Waals surface area contributed by atoms with Crippen molar-refractivity contribution < 1.29 is 23.9 Å². The highest BCUT2D eigenvalue weighted by molar-refractivity contribution is 6.30. The van der Waals surface area contributed by atoms with Crippen molar-refractivity contribution in [1.29, 1.82) is 0 Å². The summed E-state index contributed by atoms with van der Waals surface area (Å²) < 4.78 is 4.90. The van der Waals surface area contributed by atoms with E-state index in [-0.39, 0.29) is 12.5 Å². The number of nitrogens with two attached hydrogens (primary N) is 1. The molecule has 0 radical (unpaired) electrons. The number of nitrogens with one attached hydrogen (secondary N) is 3.